The topological polar surface area (TPSA) is 92.5 Å². The summed E-state index contributed by atoms with van der Waals surface area (Å²) in [6.45, 7) is 0. The van der Waals surface area contributed by atoms with Gasteiger partial charge in [-0.15, -0.1) is 11.6 Å². The third-order valence-electron chi connectivity index (χ3n) is 2.77. The van der Waals surface area contributed by atoms with Crippen LogP contribution in [0.1, 0.15) is 10.9 Å². The summed E-state index contributed by atoms with van der Waals surface area (Å²) in [5.74, 6) is -0.929. The number of benzene rings is 2. The van der Waals surface area contributed by atoms with E-state index in [9.17, 15) is 20.0 Å². The Morgan fingerprint density at radius 3 is 2.48 bits per heavy atom. The molecule has 0 aliphatic rings. The van der Waals surface area contributed by atoms with Crippen LogP contribution in [0.25, 0.3) is 0 Å². The number of carbonyl (C=O) groups excluding carboxylic acids is 1. The summed E-state index contributed by atoms with van der Waals surface area (Å²) in [5, 5.41) is 21.7. The van der Waals surface area contributed by atoms with Crippen molar-refractivity contribution in [3.63, 3.8) is 0 Å². The smallest absolute Gasteiger partial charge is 0.273 e. The molecular formula is C14H11ClN2O4. The number of hydrogen-bond donors (Lipinski definition) is 2. The first-order valence-corrected chi connectivity index (χ1v) is 6.40. The lowest BCUT2D eigenvalue weighted by Gasteiger charge is -2.11. The highest BCUT2D eigenvalue weighted by Gasteiger charge is 2.19. The van der Waals surface area contributed by atoms with Crippen LogP contribution in [-0.4, -0.2) is 15.9 Å². The normalized spacial score (nSPS) is 11.7. The minimum Gasteiger partial charge on any atom is -0.506 e. The van der Waals surface area contributed by atoms with Gasteiger partial charge in [0.2, 0.25) is 5.91 Å². The Morgan fingerprint density at radius 1 is 1.24 bits per heavy atom. The molecule has 2 rings (SSSR count). The van der Waals surface area contributed by atoms with Crippen LogP contribution in [0, 0.1) is 10.1 Å². The molecule has 0 radical (unpaired) electrons. The third-order valence-corrected chi connectivity index (χ3v) is 3.22. The van der Waals surface area contributed by atoms with Gasteiger partial charge in [0, 0.05) is 6.07 Å². The van der Waals surface area contributed by atoms with Crippen LogP contribution in [0.15, 0.2) is 48.5 Å². The first-order chi connectivity index (χ1) is 9.99. The predicted molar refractivity (Wildman–Crippen MR) is 78.4 cm³/mol. The van der Waals surface area contributed by atoms with Crippen molar-refractivity contribution in [2.45, 2.75) is 5.38 Å². The van der Waals surface area contributed by atoms with Gasteiger partial charge in [-0.25, -0.2) is 0 Å². The fourth-order valence-electron chi connectivity index (χ4n) is 1.71. The molecule has 108 valence electrons. The highest BCUT2D eigenvalue weighted by atomic mass is 35.5. The van der Waals surface area contributed by atoms with E-state index in [-0.39, 0.29) is 11.4 Å². The molecule has 7 heteroatoms. The molecule has 2 aromatic carbocycles. The SMILES string of the molecule is O=C(Nc1ccc([N+](=O)[O-])cc1O)C(Cl)c1ccccc1. The first-order valence-electron chi connectivity index (χ1n) is 5.96. The molecule has 0 heterocycles. The molecule has 1 atom stereocenters. The van der Waals surface area contributed by atoms with Gasteiger partial charge in [0.1, 0.15) is 11.1 Å². The Hall–Kier alpha value is -2.60. The van der Waals surface area contributed by atoms with Crippen molar-refractivity contribution in [3.8, 4) is 5.75 Å². The van der Waals surface area contributed by atoms with Crippen molar-refractivity contribution in [2.24, 2.45) is 0 Å². The van der Waals surface area contributed by atoms with Crippen molar-refractivity contribution < 1.29 is 14.8 Å². The zero-order valence-electron chi connectivity index (χ0n) is 10.7. The predicted octanol–water partition coefficient (Wildman–Crippen LogP) is 3.22. The summed E-state index contributed by atoms with van der Waals surface area (Å²) >= 11 is 6.04. The van der Waals surface area contributed by atoms with Crippen molar-refractivity contribution in [1.82, 2.24) is 0 Å². The summed E-state index contributed by atoms with van der Waals surface area (Å²) in [7, 11) is 0. The number of aromatic hydroxyl groups is 1. The van der Waals surface area contributed by atoms with E-state index in [1.54, 1.807) is 30.3 Å². The molecule has 0 aromatic heterocycles. The highest BCUT2D eigenvalue weighted by molar-refractivity contribution is 6.32. The number of amides is 1. The Balaban J connectivity index is 2.15. The zero-order chi connectivity index (χ0) is 15.4. The fourth-order valence-corrected chi connectivity index (χ4v) is 1.91. The standard InChI is InChI=1S/C14H11ClN2O4/c15-13(9-4-2-1-3-5-9)14(19)16-11-7-6-10(17(20)21)8-12(11)18/h1-8,13,18H,(H,16,19). The van der Waals surface area contributed by atoms with Crippen LogP contribution in [0.3, 0.4) is 0 Å². The average Bonchev–Trinajstić information content (AvgIpc) is 2.49. The zero-order valence-corrected chi connectivity index (χ0v) is 11.4. The number of phenols is 1. The summed E-state index contributed by atoms with van der Waals surface area (Å²) in [6, 6.07) is 12.1. The second kappa shape index (κ2) is 6.23. The number of alkyl halides is 1. The van der Waals surface area contributed by atoms with Gasteiger partial charge in [0.15, 0.2) is 0 Å². The van der Waals surface area contributed by atoms with Crippen molar-refractivity contribution in [2.75, 3.05) is 5.32 Å². The monoisotopic (exact) mass is 306 g/mol. The van der Waals surface area contributed by atoms with Crippen LogP contribution in [0.4, 0.5) is 11.4 Å². The maximum atomic E-state index is 12.0. The lowest BCUT2D eigenvalue weighted by Crippen LogP contribution is -2.17. The van der Waals surface area contributed by atoms with E-state index in [1.807, 2.05) is 0 Å². The van der Waals surface area contributed by atoms with Crippen LogP contribution in [0.2, 0.25) is 0 Å². The second-order valence-corrected chi connectivity index (χ2v) is 4.66. The van der Waals surface area contributed by atoms with E-state index in [0.717, 1.165) is 6.07 Å². The second-order valence-electron chi connectivity index (χ2n) is 4.22. The molecule has 0 aliphatic heterocycles. The summed E-state index contributed by atoms with van der Waals surface area (Å²) in [6.07, 6.45) is 0. The van der Waals surface area contributed by atoms with Gasteiger partial charge >= 0.3 is 0 Å². The molecule has 2 aromatic rings. The van der Waals surface area contributed by atoms with E-state index in [0.29, 0.717) is 5.56 Å². The third kappa shape index (κ3) is 3.49. The fraction of sp³-hybridized carbons (Fsp3) is 0.0714. The molecule has 0 fully saturated rings. The van der Waals surface area contributed by atoms with Crippen molar-refractivity contribution in [3.05, 3.63) is 64.2 Å². The van der Waals surface area contributed by atoms with Gasteiger partial charge < -0.3 is 10.4 Å². The number of phenolic OH excluding ortho intramolecular Hbond substituents is 1. The van der Waals surface area contributed by atoms with Gasteiger partial charge in [0.25, 0.3) is 5.69 Å². The Morgan fingerprint density at radius 2 is 1.90 bits per heavy atom. The van der Waals surface area contributed by atoms with Gasteiger partial charge in [-0.3, -0.25) is 14.9 Å². The summed E-state index contributed by atoms with van der Waals surface area (Å²) < 4.78 is 0. The lowest BCUT2D eigenvalue weighted by atomic mass is 10.1. The van der Waals surface area contributed by atoms with E-state index in [1.165, 1.54) is 12.1 Å². The molecular weight excluding hydrogens is 296 g/mol. The Kier molecular flexibility index (Phi) is 4.39. The number of nitrogens with one attached hydrogen (secondary N) is 1. The minimum atomic E-state index is -0.930. The maximum absolute atomic E-state index is 12.0. The van der Waals surface area contributed by atoms with Crippen LogP contribution in [-0.2, 0) is 4.79 Å². The van der Waals surface area contributed by atoms with Gasteiger partial charge in [0.05, 0.1) is 16.7 Å². The highest BCUT2D eigenvalue weighted by Crippen LogP contribution is 2.30. The van der Waals surface area contributed by atoms with E-state index in [2.05, 4.69) is 5.32 Å². The number of anilines is 1. The van der Waals surface area contributed by atoms with Gasteiger partial charge in [-0.05, 0) is 11.6 Å². The number of hydrogen-bond acceptors (Lipinski definition) is 4. The van der Waals surface area contributed by atoms with Crippen molar-refractivity contribution in [1.29, 1.82) is 0 Å². The molecule has 0 saturated carbocycles. The molecule has 0 saturated heterocycles. The van der Waals surface area contributed by atoms with Crippen LogP contribution >= 0.6 is 11.6 Å². The lowest BCUT2D eigenvalue weighted by molar-refractivity contribution is -0.384. The van der Waals surface area contributed by atoms with Gasteiger partial charge in [-0.2, -0.15) is 0 Å². The maximum Gasteiger partial charge on any atom is 0.273 e. The molecule has 0 spiro atoms. The number of nitrogens with zero attached hydrogens (tertiary/aromatic N) is 1. The van der Waals surface area contributed by atoms with E-state index < -0.39 is 22.0 Å². The summed E-state index contributed by atoms with van der Waals surface area (Å²) in [4.78, 5) is 21.9. The molecule has 21 heavy (non-hydrogen) atoms. The molecule has 1 amide bonds. The molecule has 6 nitrogen and oxygen atoms in total. The summed E-state index contributed by atoms with van der Waals surface area (Å²) in [5.41, 5.74) is 0.404. The Bertz CT molecular complexity index is 676. The molecule has 0 aliphatic carbocycles. The van der Waals surface area contributed by atoms with E-state index in [4.69, 9.17) is 11.6 Å². The van der Waals surface area contributed by atoms with E-state index >= 15 is 0 Å². The number of nitro benzene ring substituents is 1. The minimum absolute atomic E-state index is 0.0622. The molecule has 2 N–H and O–H groups in total. The number of nitro groups is 1. The molecule has 0 bridgehead atoms. The molecule has 1 unspecified atom stereocenters. The van der Waals surface area contributed by atoms with Crippen LogP contribution < -0.4 is 5.32 Å². The first kappa shape index (κ1) is 14.8. The quantitative estimate of drug-likeness (QED) is 0.392. The van der Waals surface area contributed by atoms with Crippen LogP contribution in [0.5, 0.6) is 5.75 Å². The Labute approximate surface area is 125 Å². The number of carbonyl (C=O) groups is 1. The average molecular weight is 307 g/mol. The van der Waals surface area contributed by atoms with Crippen molar-refractivity contribution >= 4 is 28.9 Å². The number of halogens is 1. The largest absolute Gasteiger partial charge is 0.506 e. The van der Waals surface area contributed by atoms with Gasteiger partial charge in [-0.1, -0.05) is 30.3 Å². The number of rotatable bonds is 4. The number of non-ortho nitro benzene ring substituents is 1.